The number of benzene rings is 1. The van der Waals surface area contributed by atoms with Crippen LogP contribution < -0.4 is 10.6 Å². The number of carbonyl (C=O) groups excluding carboxylic acids is 1. The molecule has 0 aliphatic heterocycles. The van der Waals surface area contributed by atoms with Crippen LogP contribution in [0.25, 0.3) is 0 Å². The Morgan fingerprint density at radius 3 is 2.70 bits per heavy atom. The molecule has 1 aliphatic rings. The highest BCUT2D eigenvalue weighted by molar-refractivity contribution is 5.95. The van der Waals surface area contributed by atoms with Gasteiger partial charge in [-0.15, -0.1) is 0 Å². The van der Waals surface area contributed by atoms with Crippen molar-refractivity contribution in [1.82, 2.24) is 5.32 Å². The zero-order valence-electron chi connectivity index (χ0n) is 11.7. The quantitative estimate of drug-likeness (QED) is 0.654. The number of carbonyl (C=O) groups is 1. The Kier molecular flexibility index (Phi) is 4.22. The van der Waals surface area contributed by atoms with Gasteiger partial charge in [-0.25, -0.2) is 0 Å². The summed E-state index contributed by atoms with van der Waals surface area (Å²) in [5, 5.41) is 16.9. The lowest BCUT2D eigenvalue weighted by molar-refractivity contribution is -0.384. The van der Waals surface area contributed by atoms with Crippen molar-refractivity contribution in [2.45, 2.75) is 32.2 Å². The van der Waals surface area contributed by atoms with Gasteiger partial charge >= 0.3 is 0 Å². The molecule has 108 valence electrons. The fourth-order valence-corrected chi connectivity index (χ4v) is 2.66. The molecule has 1 aromatic rings. The third-order valence-electron chi connectivity index (χ3n) is 3.88. The third-order valence-corrected chi connectivity index (χ3v) is 3.88. The van der Waals surface area contributed by atoms with E-state index < -0.39 is 4.92 Å². The highest BCUT2D eigenvalue weighted by Crippen LogP contribution is 2.32. The summed E-state index contributed by atoms with van der Waals surface area (Å²) in [7, 11) is 1.54. The predicted molar refractivity (Wildman–Crippen MR) is 76.9 cm³/mol. The van der Waals surface area contributed by atoms with Crippen molar-refractivity contribution in [2.75, 3.05) is 12.4 Å². The number of anilines is 1. The van der Waals surface area contributed by atoms with Crippen LogP contribution >= 0.6 is 0 Å². The molecule has 2 rings (SSSR count). The fourth-order valence-electron chi connectivity index (χ4n) is 2.66. The van der Waals surface area contributed by atoms with Gasteiger partial charge in [-0.2, -0.15) is 0 Å². The van der Waals surface area contributed by atoms with Crippen LogP contribution in [0.2, 0.25) is 0 Å². The van der Waals surface area contributed by atoms with Gasteiger partial charge in [0.15, 0.2) is 0 Å². The molecule has 1 amide bonds. The van der Waals surface area contributed by atoms with Crippen LogP contribution in [0, 0.1) is 16.0 Å². The Bertz CT molecular complexity index is 530. The lowest BCUT2D eigenvalue weighted by Crippen LogP contribution is -2.23. The highest BCUT2D eigenvalue weighted by atomic mass is 16.6. The van der Waals surface area contributed by atoms with E-state index in [0.717, 1.165) is 19.3 Å². The van der Waals surface area contributed by atoms with Crippen LogP contribution in [-0.4, -0.2) is 23.9 Å². The number of nitrogens with zero attached hydrogens (tertiary/aromatic N) is 1. The summed E-state index contributed by atoms with van der Waals surface area (Å²) >= 11 is 0. The molecule has 2 atom stereocenters. The minimum Gasteiger partial charge on any atom is -0.376 e. The van der Waals surface area contributed by atoms with Crippen molar-refractivity contribution >= 4 is 17.3 Å². The number of nitro benzene ring substituents is 1. The maximum atomic E-state index is 11.6. The molecule has 0 heterocycles. The maximum Gasteiger partial charge on any atom is 0.292 e. The second-order valence-corrected chi connectivity index (χ2v) is 5.23. The Labute approximate surface area is 117 Å². The normalized spacial score (nSPS) is 21.5. The Morgan fingerprint density at radius 2 is 2.15 bits per heavy atom. The standard InChI is InChI=1S/C14H19N3O3/c1-9-4-3-5-11(9)16-12-8-10(14(18)15-2)6-7-13(12)17(19)20/h6-9,11,16H,3-5H2,1-2H3,(H,15,18). The molecule has 1 aliphatic carbocycles. The number of hydrogen-bond acceptors (Lipinski definition) is 4. The van der Waals surface area contributed by atoms with Gasteiger partial charge < -0.3 is 10.6 Å². The molecule has 1 saturated carbocycles. The van der Waals surface area contributed by atoms with E-state index >= 15 is 0 Å². The zero-order chi connectivity index (χ0) is 14.7. The molecular formula is C14H19N3O3. The molecule has 20 heavy (non-hydrogen) atoms. The maximum absolute atomic E-state index is 11.6. The lowest BCUT2D eigenvalue weighted by atomic mass is 10.1. The Hall–Kier alpha value is -2.11. The minimum atomic E-state index is -0.421. The number of amides is 1. The third kappa shape index (κ3) is 2.89. The van der Waals surface area contributed by atoms with Crippen LogP contribution in [0.1, 0.15) is 36.5 Å². The summed E-state index contributed by atoms with van der Waals surface area (Å²) in [4.78, 5) is 22.3. The summed E-state index contributed by atoms with van der Waals surface area (Å²) in [6.45, 7) is 2.14. The zero-order valence-corrected chi connectivity index (χ0v) is 11.7. The number of nitrogens with one attached hydrogen (secondary N) is 2. The number of nitro groups is 1. The lowest BCUT2D eigenvalue weighted by Gasteiger charge is -2.19. The van der Waals surface area contributed by atoms with Crippen molar-refractivity contribution in [1.29, 1.82) is 0 Å². The molecule has 0 radical (unpaired) electrons. The monoisotopic (exact) mass is 277 g/mol. The van der Waals surface area contributed by atoms with Crippen molar-refractivity contribution in [3.05, 3.63) is 33.9 Å². The average molecular weight is 277 g/mol. The van der Waals surface area contributed by atoms with Gasteiger partial charge in [-0.05, 0) is 30.9 Å². The van der Waals surface area contributed by atoms with Gasteiger partial charge in [-0.1, -0.05) is 13.3 Å². The molecule has 0 bridgehead atoms. The fraction of sp³-hybridized carbons (Fsp3) is 0.500. The van der Waals surface area contributed by atoms with E-state index in [4.69, 9.17) is 0 Å². The minimum absolute atomic E-state index is 0.0109. The molecule has 6 heteroatoms. The Balaban J connectivity index is 2.31. The van der Waals surface area contributed by atoms with Crippen LogP contribution in [-0.2, 0) is 0 Å². The molecule has 1 aromatic carbocycles. The van der Waals surface area contributed by atoms with Crippen molar-refractivity contribution in [3.8, 4) is 0 Å². The van der Waals surface area contributed by atoms with E-state index in [2.05, 4.69) is 17.6 Å². The summed E-state index contributed by atoms with van der Waals surface area (Å²) in [6, 6.07) is 4.64. The molecule has 2 N–H and O–H groups in total. The van der Waals surface area contributed by atoms with Crippen molar-refractivity contribution in [2.24, 2.45) is 5.92 Å². The van der Waals surface area contributed by atoms with Gasteiger partial charge in [0, 0.05) is 24.7 Å². The first-order valence-electron chi connectivity index (χ1n) is 6.80. The van der Waals surface area contributed by atoms with Gasteiger partial charge in [0.25, 0.3) is 11.6 Å². The number of hydrogen-bond donors (Lipinski definition) is 2. The second-order valence-electron chi connectivity index (χ2n) is 5.23. The van der Waals surface area contributed by atoms with Crippen LogP contribution in [0.4, 0.5) is 11.4 Å². The van der Waals surface area contributed by atoms with Gasteiger partial charge in [0.05, 0.1) is 4.92 Å². The predicted octanol–water partition coefficient (Wildman–Crippen LogP) is 2.55. The van der Waals surface area contributed by atoms with Crippen molar-refractivity contribution in [3.63, 3.8) is 0 Å². The summed E-state index contributed by atoms with van der Waals surface area (Å²) in [5.74, 6) is 0.237. The van der Waals surface area contributed by atoms with E-state index in [1.807, 2.05) is 0 Å². The first-order valence-corrected chi connectivity index (χ1v) is 6.80. The molecule has 2 unspecified atom stereocenters. The van der Waals surface area contributed by atoms with Gasteiger partial charge in [-0.3, -0.25) is 14.9 Å². The molecule has 0 saturated heterocycles. The molecule has 1 fully saturated rings. The van der Waals surface area contributed by atoms with E-state index in [0.29, 0.717) is 17.2 Å². The summed E-state index contributed by atoms with van der Waals surface area (Å²) in [6.07, 6.45) is 3.25. The smallest absolute Gasteiger partial charge is 0.292 e. The van der Waals surface area contributed by atoms with Gasteiger partial charge in [0.1, 0.15) is 5.69 Å². The molecule has 0 spiro atoms. The topological polar surface area (TPSA) is 84.3 Å². The molecule has 0 aromatic heterocycles. The van der Waals surface area contributed by atoms with Gasteiger partial charge in [0.2, 0.25) is 0 Å². The first kappa shape index (κ1) is 14.3. The van der Waals surface area contributed by atoms with Crippen molar-refractivity contribution < 1.29 is 9.72 Å². The van der Waals surface area contributed by atoms with Crippen LogP contribution in [0.5, 0.6) is 0 Å². The SMILES string of the molecule is CNC(=O)c1ccc([N+](=O)[O-])c(NC2CCCC2C)c1. The Morgan fingerprint density at radius 1 is 1.40 bits per heavy atom. The molecule has 6 nitrogen and oxygen atoms in total. The first-order chi connectivity index (χ1) is 9.52. The summed E-state index contributed by atoms with van der Waals surface area (Å²) < 4.78 is 0. The molecular weight excluding hydrogens is 258 g/mol. The van der Waals surface area contributed by atoms with Crippen LogP contribution in [0.15, 0.2) is 18.2 Å². The highest BCUT2D eigenvalue weighted by Gasteiger charge is 2.26. The summed E-state index contributed by atoms with van der Waals surface area (Å²) in [5.41, 5.74) is 0.859. The average Bonchev–Trinajstić information content (AvgIpc) is 2.83. The van der Waals surface area contributed by atoms with Crippen LogP contribution in [0.3, 0.4) is 0 Å². The van der Waals surface area contributed by atoms with E-state index in [9.17, 15) is 14.9 Å². The van der Waals surface area contributed by atoms with E-state index in [1.165, 1.54) is 19.2 Å². The second kappa shape index (κ2) is 5.90. The van der Waals surface area contributed by atoms with E-state index in [-0.39, 0.29) is 17.6 Å². The number of rotatable bonds is 4. The van der Waals surface area contributed by atoms with E-state index in [1.54, 1.807) is 6.07 Å². The largest absolute Gasteiger partial charge is 0.376 e.